The van der Waals surface area contributed by atoms with E-state index in [1.165, 1.54) is 23.3 Å². The summed E-state index contributed by atoms with van der Waals surface area (Å²) in [6.45, 7) is 2.08. The van der Waals surface area contributed by atoms with E-state index >= 15 is 0 Å². The number of allylic oxidation sites excluding steroid dienone is 8. The van der Waals surface area contributed by atoms with Crippen molar-refractivity contribution in [2.75, 3.05) is 11.5 Å². The summed E-state index contributed by atoms with van der Waals surface area (Å²) in [6, 6.07) is 47.3. The van der Waals surface area contributed by atoms with Gasteiger partial charge in [-0.2, -0.15) is 0 Å². The number of nitrogen functional groups attached to an aromatic ring is 2. The maximum absolute atomic E-state index is 10.7. The summed E-state index contributed by atoms with van der Waals surface area (Å²) in [6.07, 6.45) is 32.5. The molecule has 0 heterocycles. The highest BCUT2D eigenvalue weighted by Crippen LogP contribution is 2.15. The van der Waals surface area contributed by atoms with Crippen molar-refractivity contribution in [1.29, 1.82) is 0 Å². The molecule has 0 bridgehead atoms. The highest BCUT2D eigenvalue weighted by molar-refractivity contribution is 5.64. The van der Waals surface area contributed by atoms with E-state index in [4.69, 9.17) is 11.5 Å². The van der Waals surface area contributed by atoms with Crippen LogP contribution in [0.15, 0.2) is 194 Å². The predicted octanol–water partition coefficient (Wildman–Crippen LogP) is 13.7. The molecule has 0 aliphatic rings. The van der Waals surface area contributed by atoms with Crippen LogP contribution in [-0.2, 0) is 0 Å². The summed E-state index contributed by atoms with van der Waals surface area (Å²) >= 11 is 0. The zero-order chi connectivity index (χ0) is 40.8. The molecular weight excluding hydrogens is 711 g/mol. The molecule has 0 radical (unpaired) electrons. The fourth-order valence-electron chi connectivity index (χ4n) is 5.37. The van der Waals surface area contributed by atoms with Crippen molar-refractivity contribution >= 4 is 65.7 Å². The van der Waals surface area contributed by atoms with Crippen LogP contribution in [0.4, 0.5) is 17.1 Å². The lowest BCUT2D eigenvalue weighted by atomic mass is 10.1. The van der Waals surface area contributed by atoms with Gasteiger partial charge in [-0.05, 0) is 87.8 Å². The Bertz CT molecular complexity index is 2340. The van der Waals surface area contributed by atoms with Gasteiger partial charge in [0.15, 0.2) is 0 Å². The average Bonchev–Trinajstić information content (AvgIpc) is 3.25. The molecule has 0 fully saturated rings. The first-order valence-electron chi connectivity index (χ1n) is 18.9. The summed E-state index contributed by atoms with van der Waals surface area (Å²) in [7, 11) is 0. The van der Waals surface area contributed by atoms with Crippen molar-refractivity contribution in [1.82, 2.24) is 0 Å². The van der Waals surface area contributed by atoms with Crippen LogP contribution in [0.3, 0.4) is 0 Å². The number of aryl methyl sites for hydroxylation is 1. The topological polar surface area (TPSA) is 95.2 Å². The van der Waals surface area contributed by atoms with E-state index in [0.29, 0.717) is 0 Å². The lowest BCUT2D eigenvalue weighted by molar-refractivity contribution is -0.384. The minimum atomic E-state index is -0.396. The number of hydrogen-bond acceptors (Lipinski definition) is 4. The molecule has 58 heavy (non-hydrogen) atoms. The molecule has 0 aromatic heterocycles. The molecule has 0 aliphatic carbocycles. The van der Waals surface area contributed by atoms with Crippen LogP contribution in [0, 0.1) is 17.0 Å². The zero-order valence-corrected chi connectivity index (χ0v) is 32.5. The number of anilines is 2. The average molecular weight is 758 g/mol. The van der Waals surface area contributed by atoms with E-state index in [9.17, 15) is 10.1 Å². The number of benzene rings is 6. The van der Waals surface area contributed by atoms with Gasteiger partial charge in [0.25, 0.3) is 5.69 Å². The Kier molecular flexibility index (Phi) is 16.1. The molecule has 286 valence electrons. The van der Waals surface area contributed by atoms with E-state index in [1.54, 1.807) is 12.1 Å². The van der Waals surface area contributed by atoms with Gasteiger partial charge in [-0.25, -0.2) is 0 Å². The van der Waals surface area contributed by atoms with E-state index in [1.807, 2.05) is 109 Å². The first-order valence-corrected chi connectivity index (χ1v) is 18.9. The molecular formula is C53H47N3O2. The summed E-state index contributed by atoms with van der Waals surface area (Å²) in [5.41, 5.74) is 23.2. The Hall–Kier alpha value is -7.76. The van der Waals surface area contributed by atoms with Crippen LogP contribution in [0.5, 0.6) is 0 Å². The molecule has 0 aliphatic heterocycles. The summed E-state index contributed by atoms with van der Waals surface area (Å²) in [5, 5.41) is 10.7. The second-order valence-electron chi connectivity index (χ2n) is 13.3. The fraction of sp³-hybridized carbons (Fsp3) is 0.0189. The number of nitrogens with two attached hydrogens (primary N) is 2. The van der Waals surface area contributed by atoms with Gasteiger partial charge in [0, 0.05) is 23.5 Å². The van der Waals surface area contributed by atoms with E-state index < -0.39 is 4.92 Å². The number of nitro groups is 1. The molecule has 6 aromatic carbocycles. The highest BCUT2D eigenvalue weighted by atomic mass is 16.6. The van der Waals surface area contributed by atoms with Crippen LogP contribution in [0.25, 0.3) is 48.6 Å². The van der Waals surface area contributed by atoms with Crippen LogP contribution in [0.2, 0.25) is 0 Å². The van der Waals surface area contributed by atoms with Crippen molar-refractivity contribution in [3.8, 4) is 0 Å². The van der Waals surface area contributed by atoms with Crippen molar-refractivity contribution in [3.63, 3.8) is 0 Å². The van der Waals surface area contributed by atoms with Gasteiger partial charge in [0.05, 0.1) is 4.92 Å². The van der Waals surface area contributed by atoms with E-state index in [-0.39, 0.29) is 5.69 Å². The molecule has 0 saturated carbocycles. The zero-order valence-electron chi connectivity index (χ0n) is 32.5. The Morgan fingerprint density at radius 2 is 0.534 bits per heavy atom. The Morgan fingerprint density at radius 1 is 0.345 bits per heavy atom. The third-order valence-electron chi connectivity index (χ3n) is 8.68. The van der Waals surface area contributed by atoms with Crippen LogP contribution >= 0.6 is 0 Å². The van der Waals surface area contributed by atoms with Crippen LogP contribution in [0.1, 0.15) is 50.1 Å². The minimum Gasteiger partial charge on any atom is -0.399 e. The number of non-ortho nitro benzene ring substituents is 1. The summed E-state index contributed by atoms with van der Waals surface area (Å²) < 4.78 is 0. The molecule has 0 spiro atoms. The SMILES string of the molecule is Cc1ccc(/C=C/C=C/c2ccc(/C=C/C=C/c3ccc([N+](=O)[O-])cc3)cc2)cc1.Nc1ccc(C=CC=Cc2ccc(C=CC=Cc3ccc(N)cc3)cc2)cc1. The largest absolute Gasteiger partial charge is 0.399 e. The van der Waals surface area contributed by atoms with Gasteiger partial charge in [0.1, 0.15) is 0 Å². The molecule has 5 nitrogen and oxygen atoms in total. The highest BCUT2D eigenvalue weighted by Gasteiger charge is 2.01. The standard InChI is InChI=1S/C27H23NO2.C26H24N2/c1-22-10-12-23(13-11-22)6-2-3-7-24-14-16-25(17-15-24)8-4-5-9-26-18-20-27(21-19-26)28(29)30;27-25-17-13-23(14-18-25)7-3-1-5-21-9-11-22(12-10-21)6-2-4-8-24-15-19-26(28)20-16-24/h2-21H,1H3;1-20H,27-28H2/b6-2+,7-3+,8-4+,9-5+;. The third kappa shape index (κ3) is 15.2. The van der Waals surface area contributed by atoms with E-state index in [2.05, 4.69) is 116 Å². The first-order chi connectivity index (χ1) is 28.3. The summed E-state index contributed by atoms with van der Waals surface area (Å²) in [4.78, 5) is 10.3. The second kappa shape index (κ2) is 22.6. The van der Waals surface area contributed by atoms with Crippen molar-refractivity contribution in [2.24, 2.45) is 0 Å². The van der Waals surface area contributed by atoms with Gasteiger partial charge < -0.3 is 11.5 Å². The molecule has 4 N–H and O–H groups in total. The van der Waals surface area contributed by atoms with Crippen molar-refractivity contribution in [2.45, 2.75) is 6.92 Å². The molecule has 6 aromatic rings. The molecule has 0 amide bonds. The number of hydrogen-bond donors (Lipinski definition) is 2. The predicted molar refractivity (Wildman–Crippen MR) is 251 cm³/mol. The normalized spacial score (nSPS) is 11.9. The maximum Gasteiger partial charge on any atom is 0.269 e. The van der Waals surface area contributed by atoms with Gasteiger partial charge in [-0.15, -0.1) is 0 Å². The molecule has 0 atom stereocenters. The third-order valence-corrected chi connectivity index (χ3v) is 8.68. The lowest BCUT2D eigenvalue weighted by Crippen LogP contribution is -1.86. The monoisotopic (exact) mass is 757 g/mol. The van der Waals surface area contributed by atoms with Gasteiger partial charge in [-0.3, -0.25) is 10.1 Å². The molecule has 6 rings (SSSR count). The van der Waals surface area contributed by atoms with Gasteiger partial charge in [-0.1, -0.05) is 200 Å². The first kappa shape index (κ1) is 41.4. The van der Waals surface area contributed by atoms with Crippen molar-refractivity contribution < 1.29 is 4.92 Å². The van der Waals surface area contributed by atoms with E-state index in [0.717, 1.165) is 50.3 Å². The van der Waals surface area contributed by atoms with Crippen LogP contribution < -0.4 is 11.5 Å². The van der Waals surface area contributed by atoms with Crippen LogP contribution in [-0.4, -0.2) is 4.92 Å². The van der Waals surface area contributed by atoms with Gasteiger partial charge >= 0.3 is 0 Å². The second-order valence-corrected chi connectivity index (χ2v) is 13.3. The Labute approximate surface area is 342 Å². The molecule has 0 saturated heterocycles. The molecule has 5 heteroatoms. The quantitative estimate of drug-likeness (QED) is 0.0531. The number of nitrogens with zero attached hydrogens (tertiary/aromatic N) is 1. The number of rotatable bonds is 13. The number of nitro benzene ring substituents is 1. The van der Waals surface area contributed by atoms with Crippen molar-refractivity contribution in [3.05, 3.63) is 254 Å². The lowest BCUT2D eigenvalue weighted by Gasteiger charge is -1.96. The minimum absolute atomic E-state index is 0.0995. The maximum atomic E-state index is 10.7. The van der Waals surface area contributed by atoms with Gasteiger partial charge in [0.2, 0.25) is 0 Å². The Morgan fingerprint density at radius 3 is 0.759 bits per heavy atom. The Balaban J connectivity index is 0.000000221. The molecule has 0 unspecified atom stereocenters. The summed E-state index contributed by atoms with van der Waals surface area (Å²) in [5.74, 6) is 0. The fourth-order valence-corrected chi connectivity index (χ4v) is 5.37. The smallest absolute Gasteiger partial charge is 0.269 e.